The number of ether oxygens (including phenoxy) is 1. The molecular weight excluding hydrogens is 420 g/mol. The fraction of sp³-hybridized carbons (Fsp3) is 0.423. The SMILES string of the molecule is CCCC(CNC(=O)C1(NC(=O)OCC2c3ccccc3-c3ccccc32)CCC1)C(=O)O. The highest BCUT2D eigenvalue weighted by Crippen LogP contribution is 2.44. The Kier molecular flexibility index (Phi) is 6.67. The zero-order chi connectivity index (χ0) is 23.4. The molecule has 174 valence electrons. The topological polar surface area (TPSA) is 105 Å². The minimum absolute atomic E-state index is 0.0517. The molecule has 0 saturated heterocycles. The molecule has 2 aromatic carbocycles. The van der Waals surface area contributed by atoms with Gasteiger partial charge in [0.2, 0.25) is 5.91 Å². The van der Waals surface area contributed by atoms with E-state index in [4.69, 9.17) is 4.74 Å². The van der Waals surface area contributed by atoms with E-state index >= 15 is 0 Å². The van der Waals surface area contributed by atoms with Crippen LogP contribution in [0.15, 0.2) is 48.5 Å². The van der Waals surface area contributed by atoms with Gasteiger partial charge in [-0.3, -0.25) is 9.59 Å². The normalized spacial score (nSPS) is 16.6. The molecule has 4 rings (SSSR count). The molecule has 7 heteroatoms. The lowest BCUT2D eigenvalue weighted by Crippen LogP contribution is -2.63. The van der Waals surface area contributed by atoms with Gasteiger partial charge in [0.15, 0.2) is 0 Å². The maximum Gasteiger partial charge on any atom is 0.408 e. The highest BCUT2D eigenvalue weighted by atomic mass is 16.5. The van der Waals surface area contributed by atoms with Crippen LogP contribution < -0.4 is 10.6 Å². The Balaban J connectivity index is 1.37. The van der Waals surface area contributed by atoms with Crippen molar-refractivity contribution in [2.75, 3.05) is 13.2 Å². The van der Waals surface area contributed by atoms with Crippen molar-refractivity contribution in [3.63, 3.8) is 0 Å². The van der Waals surface area contributed by atoms with Gasteiger partial charge in [0, 0.05) is 12.5 Å². The molecule has 0 bridgehead atoms. The fourth-order valence-corrected chi connectivity index (χ4v) is 4.82. The summed E-state index contributed by atoms with van der Waals surface area (Å²) in [5, 5.41) is 14.8. The molecule has 2 amide bonds. The molecule has 2 aliphatic rings. The molecule has 0 spiro atoms. The van der Waals surface area contributed by atoms with Gasteiger partial charge in [0.25, 0.3) is 0 Å². The van der Waals surface area contributed by atoms with E-state index in [9.17, 15) is 19.5 Å². The van der Waals surface area contributed by atoms with Crippen LogP contribution in [0.25, 0.3) is 11.1 Å². The predicted molar refractivity (Wildman–Crippen MR) is 124 cm³/mol. The van der Waals surface area contributed by atoms with Gasteiger partial charge in [-0.2, -0.15) is 0 Å². The number of hydrogen-bond donors (Lipinski definition) is 3. The lowest BCUT2D eigenvalue weighted by molar-refractivity contribution is -0.142. The monoisotopic (exact) mass is 450 g/mol. The highest BCUT2D eigenvalue weighted by Gasteiger charge is 2.46. The number of aliphatic carboxylic acids is 1. The van der Waals surface area contributed by atoms with Crippen molar-refractivity contribution in [3.8, 4) is 11.1 Å². The number of rotatable bonds is 9. The zero-order valence-corrected chi connectivity index (χ0v) is 18.8. The minimum Gasteiger partial charge on any atom is -0.481 e. The lowest BCUT2D eigenvalue weighted by atomic mass is 9.76. The zero-order valence-electron chi connectivity index (χ0n) is 18.8. The van der Waals surface area contributed by atoms with E-state index in [0.29, 0.717) is 19.3 Å². The first kappa shape index (κ1) is 22.8. The maximum atomic E-state index is 12.8. The summed E-state index contributed by atoms with van der Waals surface area (Å²) in [6, 6.07) is 16.2. The summed E-state index contributed by atoms with van der Waals surface area (Å²) in [6.45, 7) is 2.13. The number of carbonyl (C=O) groups excluding carboxylic acids is 2. The number of carboxylic acid groups (broad SMARTS) is 1. The van der Waals surface area contributed by atoms with Crippen molar-refractivity contribution >= 4 is 18.0 Å². The van der Waals surface area contributed by atoms with E-state index in [0.717, 1.165) is 35.1 Å². The third-order valence-electron chi connectivity index (χ3n) is 6.82. The third-order valence-corrected chi connectivity index (χ3v) is 6.82. The Morgan fingerprint density at radius 1 is 1.06 bits per heavy atom. The second-order valence-corrected chi connectivity index (χ2v) is 8.92. The summed E-state index contributed by atoms with van der Waals surface area (Å²) >= 11 is 0. The lowest BCUT2D eigenvalue weighted by Gasteiger charge is -2.40. The van der Waals surface area contributed by atoms with E-state index in [1.165, 1.54) is 0 Å². The van der Waals surface area contributed by atoms with Crippen LogP contribution in [-0.2, 0) is 14.3 Å². The molecule has 2 aliphatic carbocycles. The van der Waals surface area contributed by atoms with Crippen LogP contribution in [0, 0.1) is 5.92 Å². The van der Waals surface area contributed by atoms with E-state index in [1.54, 1.807) is 0 Å². The summed E-state index contributed by atoms with van der Waals surface area (Å²) in [4.78, 5) is 36.9. The molecular formula is C26H30N2O5. The Labute approximate surface area is 193 Å². The number of hydrogen-bond acceptors (Lipinski definition) is 4. The van der Waals surface area contributed by atoms with Crippen molar-refractivity contribution < 1.29 is 24.2 Å². The van der Waals surface area contributed by atoms with Crippen LogP contribution in [0.5, 0.6) is 0 Å². The van der Waals surface area contributed by atoms with Crippen LogP contribution in [-0.4, -0.2) is 41.8 Å². The largest absolute Gasteiger partial charge is 0.481 e. The summed E-state index contributed by atoms with van der Waals surface area (Å²) in [6.07, 6.45) is 2.41. The quantitative estimate of drug-likeness (QED) is 0.534. The van der Waals surface area contributed by atoms with Crippen molar-refractivity contribution in [2.45, 2.75) is 50.5 Å². The van der Waals surface area contributed by atoms with Crippen molar-refractivity contribution in [1.82, 2.24) is 10.6 Å². The molecule has 0 heterocycles. The first-order chi connectivity index (χ1) is 15.9. The third kappa shape index (κ3) is 4.58. The maximum absolute atomic E-state index is 12.8. The second-order valence-electron chi connectivity index (χ2n) is 8.92. The summed E-state index contributed by atoms with van der Waals surface area (Å²) in [5.41, 5.74) is 3.52. The smallest absolute Gasteiger partial charge is 0.408 e. The molecule has 3 N–H and O–H groups in total. The Morgan fingerprint density at radius 2 is 1.67 bits per heavy atom. The van der Waals surface area contributed by atoms with Crippen LogP contribution in [0.1, 0.15) is 56.1 Å². The van der Waals surface area contributed by atoms with Gasteiger partial charge in [-0.15, -0.1) is 0 Å². The number of carboxylic acids is 1. The standard InChI is InChI=1S/C26H30N2O5/c1-2-8-17(23(29)30)15-27-24(31)26(13-7-14-26)28-25(32)33-16-22-20-11-5-3-9-18(20)19-10-4-6-12-21(19)22/h3-6,9-12,17,22H,2,7-8,13-16H2,1H3,(H,27,31)(H,28,32)(H,29,30). The Hall–Kier alpha value is -3.35. The molecule has 0 radical (unpaired) electrons. The van der Waals surface area contributed by atoms with Crippen LogP contribution in [0.4, 0.5) is 4.79 Å². The molecule has 33 heavy (non-hydrogen) atoms. The number of carbonyl (C=O) groups is 3. The Morgan fingerprint density at radius 3 is 2.18 bits per heavy atom. The molecule has 2 aromatic rings. The van der Waals surface area contributed by atoms with Crippen molar-refractivity contribution in [3.05, 3.63) is 59.7 Å². The van der Waals surface area contributed by atoms with E-state index in [2.05, 4.69) is 34.9 Å². The van der Waals surface area contributed by atoms with E-state index in [-0.39, 0.29) is 25.0 Å². The predicted octanol–water partition coefficient (Wildman–Crippen LogP) is 4.06. The van der Waals surface area contributed by atoms with Gasteiger partial charge < -0.3 is 20.5 Å². The minimum atomic E-state index is -1.03. The van der Waals surface area contributed by atoms with E-state index in [1.807, 2.05) is 31.2 Å². The van der Waals surface area contributed by atoms with Gasteiger partial charge in [-0.25, -0.2) is 4.79 Å². The molecule has 1 atom stereocenters. The second kappa shape index (κ2) is 9.65. The van der Waals surface area contributed by atoms with Crippen molar-refractivity contribution in [1.29, 1.82) is 0 Å². The number of nitrogens with one attached hydrogen (secondary N) is 2. The molecule has 0 aromatic heterocycles. The fourth-order valence-electron chi connectivity index (χ4n) is 4.82. The summed E-state index contributed by atoms with van der Waals surface area (Å²) in [7, 11) is 0. The van der Waals surface area contributed by atoms with Gasteiger partial charge in [-0.05, 0) is 47.9 Å². The summed E-state index contributed by atoms with van der Waals surface area (Å²) in [5.74, 6) is -1.96. The molecule has 7 nitrogen and oxygen atoms in total. The van der Waals surface area contributed by atoms with Gasteiger partial charge in [-0.1, -0.05) is 61.9 Å². The van der Waals surface area contributed by atoms with Crippen LogP contribution in [0.2, 0.25) is 0 Å². The first-order valence-corrected chi connectivity index (χ1v) is 11.6. The van der Waals surface area contributed by atoms with Crippen molar-refractivity contribution in [2.24, 2.45) is 5.92 Å². The number of benzene rings is 2. The highest BCUT2D eigenvalue weighted by molar-refractivity contribution is 5.91. The van der Waals surface area contributed by atoms with Gasteiger partial charge in [0.1, 0.15) is 12.1 Å². The number of amides is 2. The Bertz CT molecular complexity index is 1000. The molecule has 1 saturated carbocycles. The number of fused-ring (bicyclic) bond motifs is 3. The molecule has 1 fully saturated rings. The average Bonchev–Trinajstić information content (AvgIpc) is 3.11. The van der Waals surface area contributed by atoms with Gasteiger partial charge >= 0.3 is 12.1 Å². The molecule has 0 aliphatic heterocycles. The first-order valence-electron chi connectivity index (χ1n) is 11.6. The number of alkyl carbamates (subject to hydrolysis) is 1. The van der Waals surface area contributed by atoms with E-state index < -0.39 is 23.5 Å². The van der Waals surface area contributed by atoms with Gasteiger partial charge in [0.05, 0.1) is 5.92 Å². The average molecular weight is 451 g/mol. The van der Waals surface area contributed by atoms with Crippen LogP contribution >= 0.6 is 0 Å². The summed E-state index contributed by atoms with van der Waals surface area (Å²) < 4.78 is 5.60. The molecule has 1 unspecified atom stereocenters. The van der Waals surface area contributed by atoms with Crippen LogP contribution in [0.3, 0.4) is 0 Å².